The van der Waals surface area contributed by atoms with Gasteiger partial charge in [0.2, 0.25) is 0 Å². The van der Waals surface area contributed by atoms with Crippen LogP contribution in [0.4, 0.5) is 5.69 Å². The Morgan fingerprint density at radius 3 is 3.00 bits per heavy atom. The second kappa shape index (κ2) is 6.68. The van der Waals surface area contributed by atoms with Crippen molar-refractivity contribution >= 4 is 38.8 Å². The zero-order chi connectivity index (χ0) is 13.8. The minimum absolute atomic E-state index is 0.257. The third-order valence-corrected chi connectivity index (χ3v) is 4.32. The first kappa shape index (κ1) is 14.8. The van der Waals surface area contributed by atoms with Gasteiger partial charge in [-0.1, -0.05) is 28.1 Å². The van der Waals surface area contributed by atoms with Gasteiger partial charge >= 0.3 is 0 Å². The maximum atomic E-state index is 9.00. The van der Waals surface area contributed by atoms with Crippen LogP contribution in [0.2, 0.25) is 0 Å². The number of hydrogen-bond donors (Lipinski definition) is 2. The maximum absolute atomic E-state index is 9.00. The summed E-state index contributed by atoms with van der Waals surface area (Å²) in [4.78, 5) is 2.82. The van der Waals surface area contributed by atoms with E-state index in [0.717, 1.165) is 35.1 Å². The molecule has 2 rings (SSSR count). The van der Waals surface area contributed by atoms with E-state index in [4.69, 9.17) is 23.1 Å². The number of hydrogen-bond acceptors (Lipinski definition) is 3. The second-order valence-electron chi connectivity index (χ2n) is 4.88. The fourth-order valence-corrected chi connectivity index (χ4v) is 3.26. The Bertz CT molecular complexity index is 467. The molecule has 0 amide bonds. The second-order valence-corrected chi connectivity index (χ2v) is 6.24. The van der Waals surface area contributed by atoms with Crippen molar-refractivity contribution in [3.05, 3.63) is 28.2 Å². The summed E-state index contributed by atoms with van der Waals surface area (Å²) in [5, 5.41) is 9.00. The summed E-state index contributed by atoms with van der Waals surface area (Å²) in [6, 6.07) is 6.58. The minimum Gasteiger partial charge on any atom is -0.396 e. The van der Waals surface area contributed by atoms with Crippen LogP contribution in [0, 0.1) is 0 Å². The maximum Gasteiger partial charge on any atom is 0.106 e. The average molecular weight is 343 g/mol. The van der Waals surface area contributed by atoms with Crippen LogP contribution in [-0.4, -0.2) is 29.3 Å². The van der Waals surface area contributed by atoms with Crippen molar-refractivity contribution in [1.29, 1.82) is 0 Å². The number of aliphatic hydroxyl groups is 1. The lowest BCUT2D eigenvalue weighted by atomic mass is 10.1. The summed E-state index contributed by atoms with van der Waals surface area (Å²) in [5.41, 5.74) is 7.89. The number of anilines is 1. The van der Waals surface area contributed by atoms with E-state index < -0.39 is 0 Å². The summed E-state index contributed by atoms with van der Waals surface area (Å²) in [6.07, 6.45) is 4.22. The molecule has 0 radical (unpaired) electrons. The van der Waals surface area contributed by atoms with Crippen LogP contribution in [0.15, 0.2) is 22.7 Å². The SMILES string of the molecule is NC(=S)c1cc(Br)ccc1N1CCCC1CCCO. The van der Waals surface area contributed by atoms with E-state index in [1.807, 2.05) is 12.1 Å². The van der Waals surface area contributed by atoms with E-state index in [1.54, 1.807) is 0 Å². The van der Waals surface area contributed by atoms with Gasteiger partial charge in [0.05, 0.1) is 0 Å². The van der Waals surface area contributed by atoms with Crippen LogP contribution in [0.25, 0.3) is 0 Å². The highest BCUT2D eigenvalue weighted by molar-refractivity contribution is 9.10. The largest absolute Gasteiger partial charge is 0.396 e. The first-order valence-electron chi connectivity index (χ1n) is 6.60. The van der Waals surface area contributed by atoms with Gasteiger partial charge in [0.1, 0.15) is 4.99 Å². The van der Waals surface area contributed by atoms with E-state index in [2.05, 4.69) is 26.9 Å². The Balaban J connectivity index is 2.27. The zero-order valence-electron chi connectivity index (χ0n) is 10.8. The van der Waals surface area contributed by atoms with Crippen LogP contribution >= 0.6 is 28.1 Å². The lowest BCUT2D eigenvalue weighted by molar-refractivity contribution is 0.279. The number of rotatable bonds is 5. The highest BCUT2D eigenvalue weighted by Crippen LogP contribution is 2.32. The van der Waals surface area contributed by atoms with Crippen molar-refractivity contribution in [2.75, 3.05) is 18.1 Å². The Morgan fingerprint density at radius 1 is 1.53 bits per heavy atom. The molecule has 3 nitrogen and oxygen atoms in total. The smallest absolute Gasteiger partial charge is 0.106 e. The lowest BCUT2D eigenvalue weighted by Gasteiger charge is -2.28. The Morgan fingerprint density at radius 2 is 2.32 bits per heavy atom. The van der Waals surface area contributed by atoms with E-state index in [1.165, 1.54) is 12.8 Å². The lowest BCUT2D eigenvalue weighted by Crippen LogP contribution is -2.31. The molecule has 1 aromatic rings. The van der Waals surface area contributed by atoms with E-state index >= 15 is 0 Å². The molecule has 1 aliphatic heterocycles. The number of halogens is 1. The zero-order valence-corrected chi connectivity index (χ0v) is 13.2. The number of benzene rings is 1. The summed E-state index contributed by atoms with van der Waals surface area (Å²) < 4.78 is 0.991. The van der Waals surface area contributed by atoms with Gasteiger partial charge in [-0.15, -0.1) is 0 Å². The van der Waals surface area contributed by atoms with Gasteiger partial charge in [0, 0.05) is 34.9 Å². The first-order valence-corrected chi connectivity index (χ1v) is 7.80. The van der Waals surface area contributed by atoms with E-state index in [-0.39, 0.29) is 6.61 Å². The van der Waals surface area contributed by atoms with Crippen molar-refractivity contribution in [2.45, 2.75) is 31.7 Å². The molecule has 1 aliphatic rings. The molecule has 0 bridgehead atoms. The van der Waals surface area contributed by atoms with Crippen LogP contribution in [0.3, 0.4) is 0 Å². The molecule has 1 fully saturated rings. The molecule has 1 atom stereocenters. The van der Waals surface area contributed by atoms with Crippen molar-refractivity contribution in [3.63, 3.8) is 0 Å². The summed E-state index contributed by atoms with van der Waals surface area (Å²) in [6.45, 7) is 1.29. The molecular weight excluding hydrogens is 324 g/mol. The summed E-state index contributed by atoms with van der Waals surface area (Å²) in [7, 11) is 0. The van der Waals surface area contributed by atoms with Crippen molar-refractivity contribution in [3.8, 4) is 0 Å². The van der Waals surface area contributed by atoms with Gasteiger partial charge in [-0.2, -0.15) is 0 Å². The number of nitrogens with zero attached hydrogens (tertiary/aromatic N) is 1. The van der Waals surface area contributed by atoms with Crippen molar-refractivity contribution in [2.24, 2.45) is 5.73 Å². The highest BCUT2D eigenvalue weighted by Gasteiger charge is 2.26. The van der Waals surface area contributed by atoms with Crippen LogP contribution in [-0.2, 0) is 0 Å². The molecule has 1 heterocycles. The van der Waals surface area contributed by atoms with Crippen LogP contribution in [0.1, 0.15) is 31.2 Å². The molecule has 104 valence electrons. The van der Waals surface area contributed by atoms with Gasteiger partial charge in [-0.05, 0) is 43.9 Å². The molecule has 0 saturated carbocycles. The van der Waals surface area contributed by atoms with Crippen molar-refractivity contribution < 1.29 is 5.11 Å². The molecular formula is C14H19BrN2OS. The topological polar surface area (TPSA) is 49.5 Å². The molecule has 1 aromatic carbocycles. The van der Waals surface area contributed by atoms with Gasteiger partial charge in [-0.25, -0.2) is 0 Å². The van der Waals surface area contributed by atoms with E-state index in [0.29, 0.717) is 11.0 Å². The van der Waals surface area contributed by atoms with Crippen molar-refractivity contribution in [1.82, 2.24) is 0 Å². The normalized spacial score (nSPS) is 18.8. The Labute approximate surface area is 127 Å². The Kier molecular flexibility index (Phi) is 5.19. The number of aliphatic hydroxyl groups excluding tert-OH is 1. The fraction of sp³-hybridized carbons (Fsp3) is 0.500. The molecule has 5 heteroatoms. The third kappa shape index (κ3) is 3.46. The quantitative estimate of drug-likeness (QED) is 0.808. The van der Waals surface area contributed by atoms with Gasteiger partial charge in [0.25, 0.3) is 0 Å². The summed E-state index contributed by atoms with van der Waals surface area (Å²) in [5.74, 6) is 0. The molecule has 1 unspecified atom stereocenters. The van der Waals surface area contributed by atoms with Gasteiger partial charge < -0.3 is 15.7 Å². The molecule has 19 heavy (non-hydrogen) atoms. The molecule has 1 saturated heterocycles. The first-order chi connectivity index (χ1) is 9.13. The van der Waals surface area contributed by atoms with E-state index in [9.17, 15) is 0 Å². The molecule has 0 aromatic heterocycles. The summed E-state index contributed by atoms with van der Waals surface area (Å²) >= 11 is 8.62. The highest BCUT2D eigenvalue weighted by atomic mass is 79.9. The molecule has 3 N–H and O–H groups in total. The molecule has 0 aliphatic carbocycles. The predicted molar refractivity (Wildman–Crippen MR) is 86.7 cm³/mol. The number of nitrogens with two attached hydrogens (primary N) is 1. The number of thiocarbonyl (C=S) groups is 1. The average Bonchev–Trinajstić information content (AvgIpc) is 2.84. The molecule has 0 spiro atoms. The standard InChI is InChI=1S/C14H19BrN2OS/c15-10-5-6-13(12(9-10)14(16)19)17-7-1-3-11(17)4-2-8-18/h5-6,9,11,18H,1-4,7-8H2,(H2,16,19). The monoisotopic (exact) mass is 342 g/mol. The fourth-order valence-electron chi connectivity index (χ4n) is 2.74. The Hall–Kier alpha value is -0.650. The predicted octanol–water partition coefficient (Wildman–Crippen LogP) is 2.82. The van der Waals surface area contributed by atoms with Gasteiger partial charge in [-0.3, -0.25) is 0 Å². The third-order valence-electron chi connectivity index (χ3n) is 3.61. The van der Waals surface area contributed by atoms with Crippen LogP contribution < -0.4 is 10.6 Å². The van der Waals surface area contributed by atoms with Gasteiger partial charge in [0.15, 0.2) is 0 Å². The van der Waals surface area contributed by atoms with Crippen LogP contribution in [0.5, 0.6) is 0 Å². The minimum atomic E-state index is 0.257.